The molecule has 6 aromatic heterocycles. The molecule has 0 aliphatic rings. The molecule has 0 saturated carbocycles. The van der Waals surface area contributed by atoms with Crippen LogP contribution in [-0.2, 0) is 0 Å². The van der Waals surface area contributed by atoms with Gasteiger partial charge in [0.1, 0.15) is 0 Å². The fourth-order valence-corrected chi connectivity index (χ4v) is 26.0. The highest BCUT2D eigenvalue weighted by Crippen LogP contribution is 2.54. The Morgan fingerprint density at radius 1 is 0.179 bits per heavy atom. The number of hydrogen-bond donors (Lipinski definition) is 0. The zero-order chi connectivity index (χ0) is 97.7. The Bertz CT molecular complexity index is 7920. The molecule has 0 fully saturated rings. The number of pyridine rings is 4. The minimum absolute atomic E-state index is 0.0236. The number of fused-ring (bicyclic) bond motifs is 8. The lowest BCUT2D eigenvalue weighted by Crippen LogP contribution is -2.37. The van der Waals surface area contributed by atoms with E-state index in [1.165, 1.54) is 27.4 Å². The van der Waals surface area contributed by atoms with Crippen LogP contribution in [0.5, 0.6) is 0 Å². The molecule has 20 aromatic rings. The second kappa shape index (κ2) is 39.2. The highest BCUT2D eigenvalue weighted by Gasteiger charge is 2.38. The lowest BCUT2D eigenvalue weighted by molar-refractivity contribution is 0.384. The Kier molecular flexibility index (Phi) is 26.6. The monoisotopic (exact) mass is 1870 g/mol. The molecule has 14 aromatic carbocycles. The van der Waals surface area contributed by atoms with Crippen molar-refractivity contribution in [3.8, 4) is 22.5 Å². The van der Waals surface area contributed by atoms with Crippen molar-refractivity contribution in [2.75, 3.05) is 0 Å². The predicted molar refractivity (Wildman–Crippen MR) is 585 cm³/mol. The average Bonchev–Trinajstić information content (AvgIpc) is 1.59. The maximum Gasteiger partial charge on any atom is 0.266 e. The van der Waals surface area contributed by atoms with Gasteiger partial charge in [-0.25, -0.2) is 9.13 Å². The topological polar surface area (TPSA) is 234 Å². The van der Waals surface area contributed by atoms with Gasteiger partial charge in [0.05, 0.1) is 32.9 Å². The second-order valence-electron chi connectivity index (χ2n) is 41.7. The van der Waals surface area contributed by atoms with Crippen LogP contribution in [0, 0.1) is 13.8 Å². The fourth-order valence-electron chi connectivity index (χ4n) is 26.0. The highest BCUT2D eigenvalue weighted by atomic mass is 16.2. The van der Waals surface area contributed by atoms with Gasteiger partial charge in [0, 0.05) is 99.9 Å². The second-order valence-corrected chi connectivity index (χ2v) is 41.7. The van der Waals surface area contributed by atoms with Crippen molar-refractivity contribution in [3.05, 3.63) is 245 Å². The quantitative estimate of drug-likeness (QED) is 0.0197. The van der Waals surface area contributed by atoms with Gasteiger partial charge in [-0.15, -0.1) is 0 Å². The molecule has 0 aliphatic carbocycles. The third-order valence-electron chi connectivity index (χ3n) is 32.9. The van der Waals surface area contributed by atoms with Crippen LogP contribution in [0.3, 0.4) is 0 Å². The Labute approximate surface area is 812 Å². The zero-order valence-corrected chi connectivity index (χ0v) is 83.6. The molecule has 0 radical (unpaired) electrons. The maximum atomic E-state index is 17.4. The summed E-state index contributed by atoms with van der Waals surface area (Å²) in [5.74, 6) is 0. The van der Waals surface area contributed by atoms with Gasteiger partial charge in [-0.3, -0.25) is 75.8 Å². The Morgan fingerprint density at radius 3 is 0.550 bits per heavy atom. The normalized spacial score (nSPS) is 12.8. The third kappa shape index (κ3) is 15.1. The van der Waals surface area contributed by atoms with Crippen LogP contribution in [0.1, 0.15) is 348 Å². The van der Waals surface area contributed by atoms with Gasteiger partial charge in [0.2, 0.25) is 0 Å². The molecule has 0 aliphatic heterocycles. The number of aromatic nitrogens is 6. The van der Waals surface area contributed by atoms with Crippen molar-refractivity contribution < 1.29 is 0 Å². The molecular formula is C122H132N6O12. The standard InChI is InChI=1S/C122H132N6O12/c1-11-19-27-35-47-71(48-36-28-20-12-2)123-111(129)79-61-57-75-76-58-62-80-96-88(116(134)124(112(80)130)72(49-37-29-21-13-3)50-38-30-22-14-4)66-84-104(100(76)96)103-83(65-87(115(123)133)95(79)99(75)103)107-108(84)120(138)127(119(107)137)91-55-43-45-69(9)93(91)94-70(10)46-44-56-92(94)128-121(139)109-85-67-89-97-81(113(131)125(117(89)135)73(51-39-31-23-15-5)52-40-32-24-16-6)63-59-77-78-60-64-82-98-90(68-86(110(109)122(128)140)106(102(78)98)105(85)101(77)97)118(136)126(114(82)132)74(53-41-33-25-17-7)54-42-34-26-18-8/h43-46,55-68,71-74H,11-42,47-54H2,1-10H3. The average molecular weight is 1870 g/mol. The summed E-state index contributed by atoms with van der Waals surface area (Å²) in [7, 11) is 0. The summed E-state index contributed by atoms with van der Waals surface area (Å²) in [5.41, 5.74) is -4.63. The van der Waals surface area contributed by atoms with Crippen LogP contribution in [-0.4, -0.2) is 27.4 Å². The van der Waals surface area contributed by atoms with E-state index in [2.05, 4.69) is 55.4 Å². The molecule has 0 N–H and O–H groups in total. The molecule has 722 valence electrons. The van der Waals surface area contributed by atoms with Crippen LogP contribution >= 0.6 is 0 Å². The summed E-state index contributed by atoms with van der Waals surface area (Å²) in [4.78, 5) is 199. The van der Waals surface area contributed by atoms with Crippen molar-refractivity contribution in [1.29, 1.82) is 0 Å². The Balaban J connectivity index is 0.882. The molecule has 18 nitrogen and oxygen atoms in total. The summed E-state index contributed by atoms with van der Waals surface area (Å²) in [6, 6.07) is 30.7. The molecular weight excluding hydrogens is 1740 g/mol. The first kappa shape index (κ1) is 95.1. The lowest BCUT2D eigenvalue weighted by Gasteiger charge is -2.24. The molecule has 18 heteroatoms. The lowest BCUT2D eigenvalue weighted by atomic mass is 9.81. The van der Waals surface area contributed by atoms with E-state index in [0.717, 1.165) is 205 Å². The largest absolute Gasteiger partial charge is 0.271 e. The van der Waals surface area contributed by atoms with E-state index in [9.17, 15) is 0 Å². The summed E-state index contributed by atoms with van der Waals surface area (Å²) in [6.07, 6.45) is 34.8. The fraction of sp³-hybridized carbons (Fsp3) is 0.443. The number of unbranched alkanes of at least 4 members (excludes halogenated alkanes) is 24. The molecule has 0 saturated heterocycles. The first-order valence-corrected chi connectivity index (χ1v) is 53.7. The summed E-state index contributed by atoms with van der Waals surface area (Å²) < 4.78 is 8.26. The maximum absolute atomic E-state index is 17.4. The molecule has 6 heterocycles. The van der Waals surface area contributed by atoms with Gasteiger partial charge >= 0.3 is 0 Å². The number of nitrogens with zero attached hydrogens (tertiary/aromatic N) is 6. The predicted octanol–water partition coefficient (Wildman–Crippen LogP) is 27.8. The van der Waals surface area contributed by atoms with E-state index in [1.807, 2.05) is 74.5 Å². The van der Waals surface area contributed by atoms with Gasteiger partial charge in [-0.2, -0.15) is 0 Å². The molecule has 0 spiro atoms. The Hall–Kier alpha value is -12.4. The number of hydrogen-bond acceptors (Lipinski definition) is 12. The summed E-state index contributed by atoms with van der Waals surface area (Å²) in [5, 5.41) is 11.8. The van der Waals surface area contributed by atoms with Crippen molar-refractivity contribution in [1.82, 2.24) is 27.4 Å². The van der Waals surface area contributed by atoms with Crippen LogP contribution in [0.25, 0.3) is 195 Å². The minimum atomic E-state index is -0.750. The van der Waals surface area contributed by atoms with Gasteiger partial charge in [0.15, 0.2) is 0 Å². The summed E-state index contributed by atoms with van der Waals surface area (Å²) >= 11 is 0. The minimum Gasteiger partial charge on any atom is -0.271 e. The Morgan fingerprint density at radius 2 is 0.357 bits per heavy atom. The van der Waals surface area contributed by atoms with Gasteiger partial charge in [-0.05, 0) is 223 Å². The van der Waals surface area contributed by atoms with Crippen LogP contribution in [0.15, 0.2) is 167 Å². The van der Waals surface area contributed by atoms with Crippen LogP contribution in [0.2, 0.25) is 0 Å². The first-order chi connectivity index (χ1) is 68.2. The van der Waals surface area contributed by atoms with E-state index >= 15 is 57.5 Å². The van der Waals surface area contributed by atoms with Crippen molar-refractivity contribution >= 4 is 172 Å². The molecule has 0 unspecified atom stereocenters. The van der Waals surface area contributed by atoms with Gasteiger partial charge in [0.25, 0.3) is 66.7 Å². The first-order valence-electron chi connectivity index (χ1n) is 53.7. The molecule has 0 bridgehead atoms. The number of benzene rings is 14. The van der Waals surface area contributed by atoms with Crippen LogP contribution in [0.4, 0.5) is 0 Å². The molecule has 0 amide bonds. The van der Waals surface area contributed by atoms with Gasteiger partial charge < -0.3 is 0 Å². The van der Waals surface area contributed by atoms with E-state index in [-0.39, 0.29) is 76.0 Å². The van der Waals surface area contributed by atoms with E-state index < -0.39 is 90.9 Å². The molecule has 0 atom stereocenters. The smallest absolute Gasteiger partial charge is 0.266 e. The third-order valence-corrected chi connectivity index (χ3v) is 32.9. The van der Waals surface area contributed by atoms with Crippen molar-refractivity contribution in [3.63, 3.8) is 0 Å². The molecule has 140 heavy (non-hydrogen) atoms. The van der Waals surface area contributed by atoms with Crippen molar-refractivity contribution in [2.45, 2.75) is 350 Å². The highest BCUT2D eigenvalue weighted by molar-refractivity contribution is 6.51. The number of rotatable bonds is 47. The SMILES string of the molecule is CCCCCCC(CCCCCC)n1c(=O)c2ccc3c4ccc5c(=O)n(C(CCCCCC)CCCCCC)c(=O)c6cc7c8c(=O)n(-c9cccc(C)c9-c9c(C)cccc9-n9c(=O)c%10c%11cc%12c(=O)n(C(CCCCCC)CCCCCC)c(=O)c%13ccc%14c%15ccc%16c(=O)n(C(CCCCCC)CCCCCC)c(=O)c%17cc(c%10c9=O)c(c%15c%16%17)c%11c%14c%13%12)c(=O)c8c8cc(c1=O)c2c3c8c7c4c56. The zero-order valence-electron chi connectivity index (χ0n) is 83.6. The van der Waals surface area contributed by atoms with E-state index in [0.29, 0.717) is 181 Å². The molecule has 20 rings (SSSR count). The van der Waals surface area contributed by atoms with E-state index in [4.69, 9.17) is 0 Å². The summed E-state index contributed by atoms with van der Waals surface area (Å²) in [6.45, 7) is 21.0. The van der Waals surface area contributed by atoms with Crippen molar-refractivity contribution in [2.24, 2.45) is 0 Å². The number of aryl methyl sites for hydroxylation is 2. The van der Waals surface area contributed by atoms with E-state index in [1.54, 1.807) is 48.5 Å². The van der Waals surface area contributed by atoms with Gasteiger partial charge in [-0.1, -0.05) is 309 Å². The van der Waals surface area contributed by atoms with Crippen LogP contribution < -0.4 is 66.7 Å².